The molecule has 1 aromatic rings. The minimum atomic E-state index is -0.172. The molecule has 0 atom stereocenters. The van der Waals surface area contributed by atoms with Gasteiger partial charge in [-0.25, -0.2) is 0 Å². The molecule has 0 fully saturated rings. The summed E-state index contributed by atoms with van der Waals surface area (Å²) in [5.41, 5.74) is 0.317. The van der Waals surface area contributed by atoms with Gasteiger partial charge in [-0.1, -0.05) is 12.1 Å². The number of hydrogen-bond donors (Lipinski definition) is 1. The maximum atomic E-state index is 10.8. The number of benzene rings is 1. The molecule has 0 saturated carbocycles. The predicted octanol–water partition coefficient (Wildman–Crippen LogP) is 1.40. The molecular weight excluding hydrogens is 130 g/mol. The molecule has 0 aliphatic rings. The number of carbonyl (C=O) groups is 1. The first-order valence-electron chi connectivity index (χ1n) is 2.81. The molecule has 0 aliphatic heterocycles. The molecule has 0 aliphatic carbocycles. The zero-order chi connectivity index (χ0) is 7.40. The molecule has 1 aromatic carbocycles. The predicted molar refractivity (Wildman–Crippen MR) is 36.3 cm³/mol. The van der Waals surface area contributed by atoms with Crippen LogP contribution in [0.25, 0.3) is 0 Å². The van der Waals surface area contributed by atoms with E-state index in [1.165, 1.54) is 6.07 Å². The van der Waals surface area contributed by atoms with Crippen molar-refractivity contribution in [2.75, 3.05) is 5.32 Å². The number of para-hydroxylation sites is 2. The van der Waals surface area contributed by atoms with Crippen LogP contribution in [0.4, 0.5) is 5.69 Å². The molecule has 51 valence electrons. The van der Waals surface area contributed by atoms with Crippen molar-refractivity contribution in [3.8, 4) is 5.75 Å². The van der Waals surface area contributed by atoms with Gasteiger partial charge >= 0.3 is 0 Å². The summed E-state index contributed by atoms with van der Waals surface area (Å²) in [5, 5.41) is 13.1. The summed E-state index contributed by atoms with van der Waals surface area (Å²) < 4.78 is 0. The van der Waals surface area contributed by atoms with Crippen LogP contribution in [0.5, 0.6) is 5.75 Å². The Morgan fingerprint density at radius 2 is 2.00 bits per heavy atom. The van der Waals surface area contributed by atoms with E-state index in [9.17, 15) is 9.90 Å². The van der Waals surface area contributed by atoms with Crippen molar-refractivity contribution < 1.29 is 9.90 Å². The summed E-state index contributed by atoms with van der Waals surface area (Å²) in [5.74, 6) is -0.172. The van der Waals surface area contributed by atoms with E-state index in [0.717, 1.165) is 0 Å². The Kier molecular flexibility index (Phi) is 1.89. The molecule has 0 unspecified atom stereocenters. The second-order valence-electron chi connectivity index (χ2n) is 1.76. The Morgan fingerprint density at radius 1 is 1.30 bits per heavy atom. The highest BCUT2D eigenvalue weighted by molar-refractivity contribution is 5.74. The van der Waals surface area contributed by atoms with Gasteiger partial charge in [-0.2, -0.15) is 0 Å². The second-order valence-corrected chi connectivity index (χ2v) is 1.76. The molecule has 0 aromatic heterocycles. The van der Waals surface area contributed by atoms with E-state index in [2.05, 4.69) is 5.32 Å². The molecule has 3 heteroatoms. The largest absolute Gasteiger partial charge is 0.325 e. The average Bonchev–Trinajstić information content (AvgIpc) is 1.94. The quantitative estimate of drug-likeness (QED) is 0.614. The van der Waals surface area contributed by atoms with E-state index in [1.807, 2.05) is 0 Å². The Labute approximate surface area is 58.3 Å². The van der Waals surface area contributed by atoms with Crippen LogP contribution in [-0.2, 0) is 9.90 Å². The third-order valence-corrected chi connectivity index (χ3v) is 1.10. The van der Waals surface area contributed by atoms with Crippen LogP contribution in [0.1, 0.15) is 0 Å². The van der Waals surface area contributed by atoms with Gasteiger partial charge in [0.1, 0.15) is 0 Å². The maximum absolute atomic E-state index is 10.8. The van der Waals surface area contributed by atoms with E-state index < -0.39 is 0 Å². The zero-order valence-corrected chi connectivity index (χ0v) is 5.20. The standard InChI is InChI=1S/C7H6NO2/c9-5-8-6-3-1-2-4-7(6)10/h1-5H,(H,8,9). The molecule has 0 heterocycles. The van der Waals surface area contributed by atoms with E-state index in [-0.39, 0.29) is 5.75 Å². The normalized spacial score (nSPS) is 8.80. The molecule has 0 spiro atoms. The van der Waals surface area contributed by atoms with Crippen molar-refractivity contribution in [2.45, 2.75) is 0 Å². The Balaban J connectivity index is 2.91. The van der Waals surface area contributed by atoms with E-state index in [1.54, 1.807) is 18.2 Å². The number of rotatable bonds is 2. The van der Waals surface area contributed by atoms with Crippen molar-refractivity contribution in [3.63, 3.8) is 0 Å². The number of nitrogens with one attached hydrogen (secondary N) is 1. The summed E-state index contributed by atoms with van der Waals surface area (Å²) in [6.07, 6.45) is 0.483. The highest BCUT2D eigenvalue weighted by Crippen LogP contribution is 2.20. The fourth-order valence-corrected chi connectivity index (χ4v) is 0.649. The van der Waals surface area contributed by atoms with E-state index >= 15 is 0 Å². The summed E-state index contributed by atoms with van der Waals surface area (Å²) in [7, 11) is 0. The smallest absolute Gasteiger partial charge is 0.211 e. The molecular formula is C7H6NO2. The van der Waals surface area contributed by atoms with Crippen molar-refractivity contribution in [2.24, 2.45) is 0 Å². The summed E-state index contributed by atoms with van der Waals surface area (Å²) in [6.45, 7) is 0. The Bertz CT molecular complexity index is 235. The lowest BCUT2D eigenvalue weighted by Gasteiger charge is -1.96. The lowest BCUT2D eigenvalue weighted by Crippen LogP contribution is -1.92. The minimum Gasteiger partial charge on any atom is -0.325 e. The van der Waals surface area contributed by atoms with Gasteiger partial charge in [-0.05, 0) is 12.1 Å². The Hall–Kier alpha value is -1.51. The molecule has 1 radical (unpaired) electrons. The molecule has 3 nitrogen and oxygen atoms in total. The van der Waals surface area contributed by atoms with Crippen LogP contribution in [0.3, 0.4) is 0 Å². The van der Waals surface area contributed by atoms with Gasteiger partial charge in [0.15, 0.2) is 0 Å². The highest BCUT2D eigenvalue weighted by atomic mass is 16.3. The van der Waals surface area contributed by atoms with Gasteiger partial charge < -0.3 is 5.32 Å². The molecule has 0 saturated heterocycles. The van der Waals surface area contributed by atoms with Crippen LogP contribution in [0, 0.1) is 0 Å². The van der Waals surface area contributed by atoms with Crippen LogP contribution in [0.15, 0.2) is 24.3 Å². The van der Waals surface area contributed by atoms with Crippen LogP contribution in [-0.4, -0.2) is 6.41 Å². The molecule has 1 N–H and O–H groups in total. The van der Waals surface area contributed by atoms with Gasteiger partial charge in [-0.15, -0.1) is 0 Å². The first-order valence-corrected chi connectivity index (χ1v) is 2.81. The zero-order valence-electron chi connectivity index (χ0n) is 5.20. The molecule has 0 bridgehead atoms. The third-order valence-electron chi connectivity index (χ3n) is 1.10. The fraction of sp³-hybridized carbons (Fsp3) is 0. The Morgan fingerprint density at radius 3 is 2.60 bits per heavy atom. The van der Waals surface area contributed by atoms with Crippen molar-refractivity contribution >= 4 is 12.1 Å². The summed E-state index contributed by atoms with van der Waals surface area (Å²) in [6, 6.07) is 6.26. The second kappa shape index (κ2) is 2.87. The van der Waals surface area contributed by atoms with Crippen molar-refractivity contribution in [3.05, 3.63) is 24.3 Å². The molecule has 10 heavy (non-hydrogen) atoms. The van der Waals surface area contributed by atoms with Gasteiger partial charge in [0.2, 0.25) is 12.2 Å². The number of hydrogen-bond acceptors (Lipinski definition) is 1. The third kappa shape index (κ3) is 1.25. The lowest BCUT2D eigenvalue weighted by atomic mass is 10.3. The van der Waals surface area contributed by atoms with Gasteiger partial charge in [0.05, 0.1) is 5.69 Å². The van der Waals surface area contributed by atoms with Crippen LogP contribution >= 0.6 is 0 Å². The first kappa shape index (κ1) is 6.61. The molecule has 1 rings (SSSR count). The number of anilines is 1. The SMILES string of the molecule is [O]c1ccccc1NC=O. The summed E-state index contributed by atoms with van der Waals surface area (Å²) in [4.78, 5) is 9.88. The number of carbonyl (C=O) groups excluding carboxylic acids is 1. The fourth-order valence-electron chi connectivity index (χ4n) is 0.649. The van der Waals surface area contributed by atoms with Gasteiger partial charge in [-0.3, -0.25) is 9.90 Å². The molecule has 1 amide bonds. The highest BCUT2D eigenvalue weighted by Gasteiger charge is 1.96. The van der Waals surface area contributed by atoms with Gasteiger partial charge in [0, 0.05) is 0 Å². The van der Waals surface area contributed by atoms with Crippen molar-refractivity contribution in [1.82, 2.24) is 0 Å². The first-order chi connectivity index (χ1) is 4.84. The number of amides is 1. The van der Waals surface area contributed by atoms with Gasteiger partial charge in [0.25, 0.3) is 0 Å². The van der Waals surface area contributed by atoms with E-state index in [4.69, 9.17) is 0 Å². The summed E-state index contributed by atoms with van der Waals surface area (Å²) >= 11 is 0. The topological polar surface area (TPSA) is 49.0 Å². The van der Waals surface area contributed by atoms with E-state index in [0.29, 0.717) is 12.1 Å². The monoisotopic (exact) mass is 136 g/mol. The van der Waals surface area contributed by atoms with Crippen molar-refractivity contribution in [1.29, 1.82) is 0 Å². The average molecular weight is 136 g/mol. The van der Waals surface area contributed by atoms with Crippen LogP contribution in [0.2, 0.25) is 0 Å². The minimum absolute atomic E-state index is 0.172. The van der Waals surface area contributed by atoms with Crippen LogP contribution < -0.4 is 5.32 Å². The maximum Gasteiger partial charge on any atom is 0.211 e. The lowest BCUT2D eigenvalue weighted by molar-refractivity contribution is -0.105.